The van der Waals surface area contributed by atoms with Crippen molar-refractivity contribution in [2.45, 2.75) is 13.0 Å². The van der Waals surface area contributed by atoms with Gasteiger partial charge in [0.1, 0.15) is 0 Å². The maximum absolute atomic E-state index is 11.1. The maximum Gasteiger partial charge on any atom is 0.270 e. The van der Waals surface area contributed by atoms with E-state index in [1.165, 1.54) is 28.3 Å². The highest BCUT2D eigenvalue weighted by atomic mass is 16.6. The van der Waals surface area contributed by atoms with Crippen LogP contribution in [-0.2, 0) is 0 Å². The van der Waals surface area contributed by atoms with Crippen molar-refractivity contribution in [1.82, 2.24) is 9.91 Å². The molecule has 0 saturated carbocycles. The second kappa shape index (κ2) is 7.96. The lowest BCUT2D eigenvalue weighted by Gasteiger charge is -2.37. The van der Waals surface area contributed by atoms with E-state index in [1.807, 2.05) is 13.0 Å². The molecule has 6 nitrogen and oxygen atoms in total. The minimum atomic E-state index is -0.368. The number of rotatable bonds is 4. The van der Waals surface area contributed by atoms with Crippen LogP contribution in [0.3, 0.4) is 0 Å². The molecule has 0 atom stereocenters. The highest BCUT2D eigenvalue weighted by Gasteiger charge is 2.34. The molecule has 2 aliphatic rings. The van der Waals surface area contributed by atoms with Crippen molar-refractivity contribution < 1.29 is 4.92 Å². The van der Waals surface area contributed by atoms with E-state index >= 15 is 0 Å². The van der Waals surface area contributed by atoms with Crippen molar-refractivity contribution in [1.29, 1.82) is 0 Å². The van der Waals surface area contributed by atoms with E-state index in [9.17, 15) is 10.1 Å². The SMILES string of the molecule is C/C(=N\N1CCN(C2c3ccccc3-c3ccccc32)CC1)c1cccc([N+](=O)[O-])c1. The lowest BCUT2D eigenvalue weighted by Crippen LogP contribution is -2.45. The van der Waals surface area contributed by atoms with Crippen molar-refractivity contribution in [3.63, 3.8) is 0 Å². The summed E-state index contributed by atoms with van der Waals surface area (Å²) in [5.74, 6) is 0. The molecule has 0 aromatic heterocycles. The lowest BCUT2D eigenvalue weighted by molar-refractivity contribution is -0.384. The van der Waals surface area contributed by atoms with Crippen molar-refractivity contribution in [2.75, 3.05) is 26.2 Å². The molecule has 0 N–H and O–H groups in total. The monoisotopic (exact) mass is 412 g/mol. The van der Waals surface area contributed by atoms with Crippen LogP contribution in [0.15, 0.2) is 77.9 Å². The molecule has 31 heavy (non-hydrogen) atoms. The van der Waals surface area contributed by atoms with Gasteiger partial charge in [-0.2, -0.15) is 5.10 Å². The highest BCUT2D eigenvalue weighted by molar-refractivity contribution is 5.99. The molecule has 156 valence electrons. The Hall–Kier alpha value is -3.51. The van der Waals surface area contributed by atoms with Crippen molar-refractivity contribution in [3.8, 4) is 11.1 Å². The van der Waals surface area contributed by atoms with Crippen LogP contribution in [0, 0.1) is 10.1 Å². The number of hydrazone groups is 1. The Balaban J connectivity index is 1.33. The molecule has 1 fully saturated rings. The zero-order valence-electron chi connectivity index (χ0n) is 17.4. The third-order valence-electron chi connectivity index (χ3n) is 6.22. The molecule has 5 rings (SSSR count). The second-order valence-corrected chi connectivity index (χ2v) is 8.06. The van der Waals surface area contributed by atoms with Crippen molar-refractivity contribution in [2.24, 2.45) is 5.10 Å². The van der Waals surface area contributed by atoms with Crippen LogP contribution in [-0.4, -0.2) is 46.7 Å². The molecule has 1 saturated heterocycles. The van der Waals surface area contributed by atoms with Gasteiger partial charge < -0.3 is 0 Å². The predicted molar refractivity (Wildman–Crippen MR) is 122 cm³/mol. The van der Waals surface area contributed by atoms with E-state index in [1.54, 1.807) is 12.1 Å². The highest BCUT2D eigenvalue weighted by Crippen LogP contribution is 2.46. The van der Waals surface area contributed by atoms with Gasteiger partial charge in [0.15, 0.2) is 0 Å². The van der Waals surface area contributed by atoms with Crippen LogP contribution in [0.5, 0.6) is 0 Å². The standard InChI is InChI=1S/C25H24N4O2/c1-18(19-7-6-8-20(17-19)29(30)31)26-28-15-13-27(14-16-28)25-23-11-4-2-9-21(23)22-10-3-5-12-24(22)25/h2-12,17,25H,13-16H2,1H3/b26-18+. The Kier molecular flexibility index (Phi) is 5.00. The number of benzene rings is 3. The fraction of sp³-hybridized carbons (Fsp3) is 0.240. The first kappa shape index (κ1) is 19.5. The van der Waals surface area contributed by atoms with Gasteiger partial charge in [-0.15, -0.1) is 0 Å². The zero-order valence-corrected chi connectivity index (χ0v) is 17.4. The van der Waals surface area contributed by atoms with E-state index in [2.05, 4.69) is 58.4 Å². The Labute approximate surface area is 181 Å². The number of fused-ring (bicyclic) bond motifs is 3. The summed E-state index contributed by atoms with van der Waals surface area (Å²) in [6.45, 7) is 5.40. The van der Waals surface area contributed by atoms with Crippen molar-refractivity contribution >= 4 is 11.4 Å². The molecule has 3 aromatic rings. The first-order valence-electron chi connectivity index (χ1n) is 10.6. The molecule has 0 bridgehead atoms. The third kappa shape index (κ3) is 3.59. The Morgan fingerprint density at radius 2 is 1.52 bits per heavy atom. The lowest BCUT2D eigenvalue weighted by atomic mass is 10.0. The van der Waals surface area contributed by atoms with Crippen molar-refractivity contribution in [3.05, 3.63) is 99.6 Å². The number of piperazine rings is 1. The smallest absolute Gasteiger partial charge is 0.270 e. The van der Waals surface area contributed by atoms with Gasteiger partial charge in [0.2, 0.25) is 0 Å². The quantitative estimate of drug-likeness (QED) is 0.354. The van der Waals surface area contributed by atoms with Gasteiger partial charge >= 0.3 is 0 Å². The summed E-state index contributed by atoms with van der Waals surface area (Å²) in [6.07, 6.45) is 0. The molecule has 1 aliphatic heterocycles. The first-order chi connectivity index (χ1) is 15.1. The van der Waals surface area contributed by atoms with E-state index in [-0.39, 0.29) is 16.7 Å². The molecule has 3 aromatic carbocycles. The van der Waals surface area contributed by atoms with Crippen LogP contribution in [0.2, 0.25) is 0 Å². The van der Waals surface area contributed by atoms with E-state index in [0.29, 0.717) is 0 Å². The van der Waals surface area contributed by atoms with Gasteiger partial charge in [-0.25, -0.2) is 0 Å². The number of nitro benzene ring substituents is 1. The average molecular weight is 412 g/mol. The van der Waals surface area contributed by atoms with Gasteiger partial charge in [0, 0.05) is 43.9 Å². The topological polar surface area (TPSA) is 62.0 Å². The number of non-ortho nitro benzene ring substituents is 1. The minimum Gasteiger partial charge on any atom is -0.294 e. The van der Waals surface area contributed by atoms with Crippen LogP contribution in [0.4, 0.5) is 5.69 Å². The second-order valence-electron chi connectivity index (χ2n) is 8.06. The fourth-order valence-corrected chi connectivity index (χ4v) is 4.71. The van der Waals surface area contributed by atoms with E-state index in [4.69, 9.17) is 5.10 Å². The molecule has 0 amide bonds. The van der Waals surface area contributed by atoms with Gasteiger partial charge in [0.25, 0.3) is 5.69 Å². The third-order valence-corrected chi connectivity index (χ3v) is 6.22. The summed E-state index contributed by atoms with van der Waals surface area (Å²) in [7, 11) is 0. The summed E-state index contributed by atoms with van der Waals surface area (Å²) in [4.78, 5) is 13.2. The Morgan fingerprint density at radius 3 is 2.13 bits per heavy atom. The summed E-state index contributed by atoms with van der Waals surface area (Å²) < 4.78 is 0. The average Bonchev–Trinajstić information content (AvgIpc) is 3.14. The summed E-state index contributed by atoms with van der Waals surface area (Å²) in [6, 6.07) is 24.4. The van der Waals surface area contributed by atoms with E-state index in [0.717, 1.165) is 37.5 Å². The van der Waals surface area contributed by atoms with Crippen LogP contribution in [0.1, 0.15) is 29.7 Å². The van der Waals surface area contributed by atoms with Gasteiger partial charge in [-0.3, -0.25) is 20.0 Å². The van der Waals surface area contributed by atoms with Crippen LogP contribution in [0.25, 0.3) is 11.1 Å². The number of nitro groups is 1. The summed E-state index contributed by atoms with van der Waals surface area (Å²) in [5.41, 5.74) is 7.12. The molecule has 1 heterocycles. The molecule has 0 spiro atoms. The predicted octanol–water partition coefficient (Wildman–Crippen LogP) is 4.71. The molecular weight excluding hydrogens is 388 g/mol. The summed E-state index contributed by atoms with van der Waals surface area (Å²) >= 11 is 0. The van der Waals surface area contributed by atoms with Crippen LogP contribution < -0.4 is 0 Å². The maximum atomic E-state index is 11.1. The number of hydrogen-bond acceptors (Lipinski definition) is 5. The molecule has 1 aliphatic carbocycles. The molecule has 0 radical (unpaired) electrons. The molecular formula is C25H24N4O2. The molecule has 6 heteroatoms. The van der Waals surface area contributed by atoms with E-state index < -0.39 is 0 Å². The largest absolute Gasteiger partial charge is 0.294 e. The van der Waals surface area contributed by atoms with Gasteiger partial charge in [0.05, 0.1) is 16.7 Å². The molecule has 0 unspecified atom stereocenters. The van der Waals surface area contributed by atoms with Crippen LogP contribution >= 0.6 is 0 Å². The zero-order chi connectivity index (χ0) is 21.4. The van der Waals surface area contributed by atoms with Gasteiger partial charge in [-0.05, 0) is 29.2 Å². The Bertz CT molecular complexity index is 1120. The minimum absolute atomic E-state index is 0.0930. The number of hydrogen-bond donors (Lipinski definition) is 0. The summed E-state index contributed by atoms with van der Waals surface area (Å²) in [5, 5.41) is 17.9. The first-order valence-corrected chi connectivity index (χ1v) is 10.6. The Morgan fingerprint density at radius 1 is 0.903 bits per heavy atom. The van der Waals surface area contributed by atoms with Gasteiger partial charge in [-0.1, -0.05) is 60.7 Å². The fourth-order valence-electron chi connectivity index (χ4n) is 4.71. The number of nitrogens with zero attached hydrogens (tertiary/aromatic N) is 4. The normalized spacial score (nSPS) is 16.8.